The maximum Gasteiger partial charge on any atom is 0.124 e. The van der Waals surface area contributed by atoms with E-state index in [0.717, 1.165) is 24.3 Å². The summed E-state index contributed by atoms with van der Waals surface area (Å²) >= 11 is 3.62. The Hall–Kier alpha value is -0.540. The summed E-state index contributed by atoms with van der Waals surface area (Å²) < 4.78 is 11.0. The molecule has 2 atom stereocenters. The Balaban J connectivity index is 2.30. The molecule has 2 unspecified atom stereocenters. The van der Waals surface area contributed by atoms with Crippen LogP contribution < -0.4 is 4.74 Å². The summed E-state index contributed by atoms with van der Waals surface area (Å²) in [5, 5.41) is 0. The number of para-hydroxylation sites is 1. The van der Waals surface area contributed by atoms with Gasteiger partial charge in [-0.2, -0.15) is 0 Å². The van der Waals surface area contributed by atoms with Crippen LogP contribution in [0, 0.1) is 0 Å². The van der Waals surface area contributed by atoms with Crippen LogP contribution in [0.5, 0.6) is 5.75 Å². The van der Waals surface area contributed by atoms with Crippen LogP contribution in [-0.2, 0) is 4.74 Å². The van der Waals surface area contributed by atoms with Crippen molar-refractivity contribution in [1.82, 2.24) is 0 Å². The molecule has 0 saturated carbocycles. The number of rotatable bonds is 2. The minimum Gasteiger partial charge on any atom is -0.496 e. The molecule has 1 aromatic carbocycles. The van der Waals surface area contributed by atoms with E-state index < -0.39 is 0 Å². The minimum absolute atomic E-state index is 0.131. The number of hydrogen-bond acceptors (Lipinski definition) is 2. The van der Waals surface area contributed by atoms with E-state index in [1.807, 2.05) is 18.2 Å². The van der Waals surface area contributed by atoms with Gasteiger partial charge in [-0.05, 0) is 12.5 Å². The highest BCUT2D eigenvalue weighted by Crippen LogP contribution is 2.38. The molecule has 2 rings (SSSR count). The molecule has 1 heterocycles. The van der Waals surface area contributed by atoms with Crippen LogP contribution in [0.25, 0.3) is 0 Å². The van der Waals surface area contributed by atoms with Gasteiger partial charge in [0.2, 0.25) is 0 Å². The second-order valence-corrected chi connectivity index (χ2v) is 4.51. The fraction of sp³-hybridized carbons (Fsp3) is 0.455. The lowest BCUT2D eigenvalue weighted by atomic mass is 10.1. The Kier molecular flexibility index (Phi) is 3.08. The van der Waals surface area contributed by atoms with Crippen LogP contribution in [0.4, 0.5) is 0 Å². The van der Waals surface area contributed by atoms with Gasteiger partial charge in [0.15, 0.2) is 0 Å². The molecule has 0 amide bonds. The molecule has 14 heavy (non-hydrogen) atoms. The van der Waals surface area contributed by atoms with Gasteiger partial charge in [0, 0.05) is 17.0 Å². The molecular formula is C11H13BrO2. The molecule has 1 aliphatic heterocycles. The van der Waals surface area contributed by atoms with Crippen molar-refractivity contribution in [2.75, 3.05) is 13.7 Å². The predicted molar refractivity (Wildman–Crippen MR) is 59.0 cm³/mol. The summed E-state index contributed by atoms with van der Waals surface area (Å²) in [4.78, 5) is 0.402. The zero-order chi connectivity index (χ0) is 9.97. The Morgan fingerprint density at radius 1 is 1.43 bits per heavy atom. The third-order valence-corrected chi connectivity index (χ3v) is 3.40. The first kappa shape index (κ1) is 9.99. The molecule has 0 N–H and O–H groups in total. The Bertz CT molecular complexity index is 314. The molecule has 0 bridgehead atoms. The Labute approximate surface area is 92.3 Å². The van der Waals surface area contributed by atoms with Gasteiger partial charge in [-0.3, -0.25) is 0 Å². The zero-order valence-electron chi connectivity index (χ0n) is 8.07. The molecule has 1 aromatic rings. The fourth-order valence-electron chi connectivity index (χ4n) is 1.75. The first-order valence-corrected chi connectivity index (χ1v) is 5.63. The van der Waals surface area contributed by atoms with Crippen molar-refractivity contribution in [2.24, 2.45) is 0 Å². The van der Waals surface area contributed by atoms with Gasteiger partial charge in [0.25, 0.3) is 0 Å². The molecule has 1 fully saturated rings. The molecule has 2 nitrogen and oxygen atoms in total. The van der Waals surface area contributed by atoms with E-state index in [0.29, 0.717) is 4.83 Å². The van der Waals surface area contributed by atoms with Crippen molar-refractivity contribution in [3.05, 3.63) is 29.8 Å². The van der Waals surface area contributed by atoms with E-state index in [1.54, 1.807) is 7.11 Å². The number of ether oxygens (including phenoxy) is 2. The lowest BCUT2D eigenvalue weighted by Gasteiger charge is -2.16. The van der Waals surface area contributed by atoms with Crippen molar-refractivity contribution in [1.29, 1.82) is 0 Å². The quantitative estimate of drug-likeness (QED) is 0.758. The topological polar surface area (TPSA) is 18.5 Å². The van der Waals surface area contributed by atoms with Crippen molar-refractivity contribution < 1.29 is 9.47 Å². The molecule has 0 spiro atoms. The Morgan fingerprint density at radius 3 is 2.86 bits per heavy atom. The molecule has 0 aromatic heterocycles. The minimum atomic E-state index is 0.131. The van der Waals surface area contributed by atoms with Crippen molar-refractivity contribution in [2.45, 2.75) is 17.4 Å². The summed E-state index contributed by atoms with van der Waals surface area (Å²) in [6.45, 7) is 0.818. The molecule has 0 radical (unpaired) electrons. The summed E-state index contributed by atoms with van der Waals surface area (Å²) in [5.41, 5.74) is 1.13. The fourth-order valence-corrected chi connectivity index (χ4v) is 2.37. The molecule has 76 valence electrons. The third kappa shape index (κ3) is 1.79. The van der Waals surface area contributed by atoms with Crippen LogP contribution in [-0.4, -0.2) is 18.5 Å². The number of hydrogen-bond donors (Lipinski definition) is 0. The van der Waals surface area contributed by atoms with Crippen LogP contribution in [0.3, 0.4) is 0 Å². The van der Waals surface area contributed by atoms with Crippen LogP contribution in [0.1, 0.15) is 18.1 Å². The maximum atomic E-state index is 5.67. The number of benzene rings is 1. The molecule has 1 saturated heterocycles. The molecular weight excluding hydrogens is 244 g/mol. The highest BCUT2D eigenvalue weighted by Gasteiger charge is 2.29. The van der Waals surface area contributed by atoms with Gasteiger partial charge >= 0.3 is 0 Å². The summed E-state index contributed by atoms with van der Waals surface area (Å²) in [6.07, 6.45) is 1.19. The first-order valence-electron chi connectivity index (χ1n) is 4.71. The number of halogens is 1. The molecule has 3 heteroatoms. The monoisotopic (exact) mass is 256 g/mol. The highest BCUT2D eigenvalue weighted by molar-refractivity contribution is 9.09. The highest BCUT2D eigenvalue weighted by atomic mass is 79.9. The standard InChI is InChI=1S/C11H13BrO2/c1-13-10-5-3-2-4-8(10)11-9(12)6-7-14-11/h2-5,9,11H,6-7H2,1H3. The van der Waals surface area contributed by atoms with Gasteiger partial charge in [0.05, 0.1) is 13.2 Å². The number of methoxy groups -OCH3 is 1. The largest absolute Gasteiger partial charge is 0.496 e. The average molecular weight is 257 g/mol. The summed E-state index contributed by atoms with van der Waals surface area (Å²) in [7, 11) is 1.69. The second-order valence-electron chi connectivity index (χ2n) is 3.34. The summed E-state index contributed by atoms with van der Waals surface area (Å²) in [5.74, 6) is 0.906. The maximum absolute atomic E-state index is 5.67. The molecule has 1 aliphatic rings. The van der Waals surface area contributed by atoms with Gasteiger partial charge in [-0.25, -0.2) is 0 Å². The average Bonchev–Trinajstić information content (AvgIpc) is 2.64. The van der Waals surface area contributed by atoms with Crippen molar-refractivity contribution >= 4 is 15.9 Å². The van der Waals surface area contributed by atoms with E-state index in [4.69, 9.17) is 9.47 Å². The Morgan fingerprint density at radius 2 is 2.21 bits per heavy atom. The van der Waals surface area contributed by atoms with E-state index >= 15 is 0 Å². The van der Waals surface area contributed by atoms with E-state index in [2.05, 4.69) is 22.0 Å². The van der Waals surface area contributed by atoms with Gasteiger partial charge in [-0.1, -0.05) is 34.1 Å². The SMILES string of the molecule is COc1ccccc1C1OCCC1Br. The smallest absolute Gasteiger partial charge is 0.124 e. The normalized spacial score (nSPS) is 26.4. The van der Waals surface area contributed by atoms with Gasteiger partial charge in [-0.15, -0.1) is 0 Å². The van der Waals surface area contributed by atoms with Crippen LogP contribution in [0.15, 0.2) is 24.3 Å². The van der Waals surface area contributed by atoms with Crippen LogP contribution >= 0.6 is 15.9 Å². The molecule has 0 aliphatic carbocycles. The van der Waals surface area contributed by atoms with E-state index in [1.165, 1.54) is 0 Å². The van der Waals surface area contributed by atoms with E-state index in [-0.39, 0.29) is 6.10 Å². The number of alkyl halides is 1. The zero-order valence-corrected chi connectivity index (χ0v) is 9.66. The first-order chi connectivity index (χ1) is 6.83. The van der Waals surface area contributed by atoms with Gasteiger partial charge < -0.3 is 9.47 Å². The van der Waals surface area contributed by atoms with Crippen molar-refractivity contribution in [3.63, 3.8) is 0 Å². The predicted octanol–water partition coefficient (Wildman–Crippen LogP) is 2.92. The van der Waals surface area contributed by atoms with E-state index in [9.17, 15) is 0 Å². The summed E-state index contributed by atoms with van der Waals surface area (Å²) in [6, 6.07) is 8.01. The third-order valence-electron chi connectivity index (χ3n) is 2.46. The van der Waals surface area contributed by atoms with Gasteiger partial charge in [0.1, 0.15) is 5.75 Å². The van der Waals surface area contributed by atoms with Crippen LogP contribution in [0.2, 0.25) is 0 Å². The second kappa shape index (κ2) is 4.32. The van der Waals surface area contributed by atoms with Crippen molar-refractivity contribution in [3.8, 4) is 5.75 Å². The lowest BCUT2D eigenvalue weighted by molar-refractivity contribution is 0.112. The lowest BCUT2D eigenvalue weighted by Crippen LogP contribution is -2.07.